The summed E-state index contributed by atoms with van der Waals surface area (Å²) in [4.78, 5) is 19.0. The summed E-state index contributed by atoms with van der Waals surface area (Å²) >= 11 is 5.62. The number of rotatable bonds is 4. The van der Waals surface area contributed by atoms with E-state index in [1.807, 2.05) is 6.92 Å². The van der Waals surface area contributed by atoms with Crippen LogP contribution in [0.5, 0.6) is 0 Å². The zero-order valence-electron chi connectivity index (χ0n) is 9.44. The van der Waals surface area contributed by atoms with Gasteiger partial charge in [-0.3, -0.25) is 0 Å². The predicted octanol–water partition coefficient (Wildman–Crippen LogP) is 1.51. The first-order valence-electron chi connectivity index (χ1n) is 4.79. The molecule has 1 aromatic heterocycles. The fourth-order valence-corrected chi connectivity index (χ4v) is 1.26. The first-order chi connectivity index (χ1) is 8.10. The van der Waals surface area contributed by atoms with Gasteiger partial charge in [0.25, 0.3) is 0 Å². The molecule has 92 valence electrons. The van der Waals surface area contributed by atoms with E-state index in [0.717, 1.165) is 0 Å². The van der Waals surface area contributed by atoms with Gasteiger partial charge in [0.2, 0.25) is 5.28 Å². The Morgan fingerprint density at radius 1 is 1.53 bits per heavy atom. The number of ether oxygens (including phenoxy) is 2. The molecule has 1 heterocycles. The molecule has 0 aliphatic heterocycles. The number of halogens is 1. The molecule has 7 heteroatoms. The molecule has 0 radical (unpaired) electrons. The van der Waals surface area contributed by atoms with Gasteiger partial charge in [0.1, 0.15) is 5.82 Å². The van der Waals surface area contributed by atoms with Crippen molar-refractivity contribution in [3.63, 3.8) is 0 Å². The van der Waals surface area contributed by atoms with Gasteiger partial charge in [-0.2, -0.15) is 0 Å². The molecule has 0 amide bonds. The van der Waals surface area contributed by atoms with Crippen LogP contribution in [0.25, 0.3) is 6.08 Å². The molecule has 2 N–H and O–H groups in total. The number of carbonyl (C=O) groups is 1. The van der Waals surface area contributed by atoms with E-state index in [-0.39, 0.29) is 16.8 Å². The van der Waals surface area contributed by atoms with E-state index < -0.39 is 5.97 Å². The summed E-state index contributed by atoms with van der Waals surface area (Å²) in [5.74, 6) is -0.557. The minimum Gasteiger partial charge on any atom is -0.501 e. The SMILES string of the molecule is CCO/C=C/c1c(N)nc(Cl)nc1C(=O)OC. The second-order valence-electron chi connectivity index (χ2n) is 2.89. The van der Waals surface area contributed by atoms with Gasteiger partial charge in [-0.1, -0.05) is 0 Å². The third kappa shape index (κ3) is 3.32. The molecule has 1 rings (SSSR count). The Labute approximate surface area is 103 Å². The number of hydrogen-bond donors (Lipinski definition) is 1. The lowest BCUT2D eigenvalue weighted by Crippen LogP contribution is -2.10. The Bertz CT molecular complexity index is 449. The van der Waals surface area contributed by atoms with Crippen molar-refractivity contribution < 1.29 is 14.3 Å². The summed E-state index contributed by atoms with van der Waals surface area (Å²) in [5, 5.41) is -0.114. The summed E-state index contributed by atoms with van der Waals surface area (Å²) in [6, 6.07) is 0. The third-order valence-electron chi connectivity index (χ3n) is 1.82. The van der Waals surface area contributed by atoms with Crippen molar-refractivity contribution >= 4 is 29.5 Å². The molecule has 0 spiro atoms. The number of nitrogen functional groups attached to an aromatic ring is 1. The van der Waals surface area contributed by atoms with Crippen LogP contribution >= 0.6 is 11.6 Å². The van der Waals surface area contributed by atoms with E-state index in [0.29, 0.717) is 12.2 Å². The molecular formula is C10H12ClN3O3. The van der Waals surface area contributed by atoms with E-state index in [1.54, 1.807) is 0 Å². The largest absolute Gasteiger partial charge is 0.501 e. The first-order valence-corrected chi connectivity index (χ1v) is 5.17. The van der Waals surface area contributed by atoms with Crippen LogP contribution in [0, 0.1) is 0 Å². The molecule has 0 aliphatic carbocycles. The molecule has 0 unspecified atom stereocenters. The van der Waals surface area contributed by atoms with Crippen molar-refractivity contribution in [2.45, 2.75) is 6.92 Å². The van der Waals surface area contributed by atoms with E-state index in [4.69, 9.17) is 22.1 Å². The Balaban J connectivity index is 3.20. The van der Waals surface area contributed by atoms with Crippen LogP contribution in [-0.4, -0.2) is 29.7 Å². The number of aromatic nitrogens is 2. The van der Waals surface area contributed by atoms with Crippen LogP contribution in [0.1, 0.15) is 23.0 Å². The molecule has 0 aromatic carbocycles. The lowest BCUT2D eigenvalue weighted by atomic mass is 10.2. The standard InChI is InChI=1S/C10H12ClN3O3/c1-3-17-5-4-6-7(9(15)16-2)13-10(11)14-8(6)12/h4-5H,3H2,1-2H3,(H2,12,13,14)/b5-4+. The molecule has 0 atom stereocenters. The van der Waals surface area contributed by atoms with Crippen molar-refractivity contribution in [1.82, 2.24) is 9.97 Å². The van der Waals surface area contributed by atoms with Gasteiger partial charge in [0.15, 0.2) is 5.69 Å². The molecule has 0 saturated heterocycles. The number of nitrogens with two attached hydrogens (primary N) is 1. The number of methoxy groups -OCH3 is 1. The van der Waals surface area contributed by atoms with Crippen LogP contribution in [0.4, 0.5) is 5.82 Å². The van der Waals surface area contributed by atoms with Gasteiger partial charge in [-0.15, -0.1) is 0 Å². The Morgan fingerprint density at radius 2 is 2.24 bits per heavy atom. The third-order valence-corrected chi connectivity index (χ3v) is 1.99. The van der Waals surface area contributed by atoms with Crippen LogP contribution in [0.2, 0.25) is 5.28 Å². The summed E-state index contributed by atoms with van der Waals surface area (Å²) in [6.07, 6.45) is 2.89. The first kappa shape index (κ1) is 13.2. The highest BCUT2D eigenvalue weighted by Crippen LogP contribution is 2.18. The Morgan fingerprint density at radius 3 is 2.82 bits per heavy atom. The zero-order chi connectivity index (χ0) is 12.8. The van der Waals surface area contributed by atoms with Crippen LogP contribution in [0.15, 0.2) is 6.26 Å². The fourth-order valence-electron chi connectivity index (χ4n) is 1.09. The molecule has 1 aromatic rings. The average Bonchev–Trinajstić information content (AvgIpc) is 2.30. The molecular weight excluding hydrogens is 246 g/mol. The number of anilines is 1. The summed E-state index contributed by atoms with van der Waals surface area (Å²) in [6.45, 7) is 2.33. The maximum atomic E-state index is 11.5. The summed E-state index contributed by atoms with van der Waals surface area (Å²) < 4.78 is 9.59. The van der Waals surface area contributed by atoms with Gasteiger partial charge in [0, 0.05) is 0 Å². The summed E-state index contributed by atoms with van der Waals surface area (Å²) in [5.41, 5.74) is 5.96. The minimum absolute atomic E-state index is 0.000882. The van der Waals surface area contributed by atoms with Crippen molar-refractivity contribution in [3.05, 3.63) is 22.8 Å². The second-order valence-corrected chi connectivity index (χ2v) is 3.23. The normalized spacial score (nSPS) is 10.5. The minimum atomic E-state index is -0.642. The van der Waals surface area contributed by atoms with E-state index in [2.05, 4.69) is 14.7 Å². The maximum Gasteiger partial charge on any atom is 0.357 e. The van der Waals surface area contributed by atoms with Gasteiger partial charge in [0.05, 0.1) is 25.5 Å². The summed E-state index contributed by atoms with van der Waals surface area (Å²) in [7, 11) is 1.24. The predicted molar refractivity (Wildman–Crippen MR) is 63.5 cm³/mol. The van der Waals surface area contributed by atoms with Gasteiger partial charge >= 0.3 is 5.97 Å². The highest BCUT2D eigenvalue weighted by Gasteiger charge is 2.17. The van der Waals surface area contributed by atoms with E-state index in [1.165, 1.54) is 19.4 Å². The molecule has 0 aliphatic rings. The molecule has 0 saturated carbocycles. The van der Waals surface area contributed by atoms with E-state index >= 15 is 0 Å². The van der Waals surface area contributed by atoms with Crippen LogP contribution in [0.3, 0.4) is 0 Å². The molecule has 17 heavy (non-hydrogen) atoms. The average molecular weight is 258 g/mol. The zero-order valence-corrected chi connectivity index (χ0v) is 10.2. The van der Waals surface area contributed by atoms with Crippen molar-refractivity contribution in [3.8, 4) is 0 Å². The van der Waals surface area contributed by atoms with E-state index in [9.17, 15) is 4.79 Å². The highest BCUT2D eigenvalue weighted by atomic mass is 35.5. The maximum absolute atomic E-state index is 11.5. The molecule has 0 fully saturated rings. The second kappa shape index (κ2) is 6.05. The van der Waals surface area contributed by atoms with Crippen molar-refractivity contribution in [1.29, 1.82) is 0 Å². The molecule has 0 bridgehead atoms. The Hall–Kier alpha value is -1.82. The number of esters is 1. The number of nitrogens with zero attached hydrogens (tertiary/aromatic N) is 2. The molecule has 6 nitrogen and oxygen atoms in total. The van der Waals surface area contributed by atoms with Gasteiger partial charge < -0.3 is 15.2 Å². The van der Waals surface area contributed by atoms with Crippen molar-refractivity contribution in [2.75, 3.05) is 19.5 Å². The number of carbonyl (C=O) groups excluding carboxylic acids is 1. The lowest BCUT2D eigenvalue weighted by molar-refractivity contribution is 0.0593. The smallest absolute Gasteiger partial charge is 0.357 e. The fraction of sp³-hybridized carbons (Fsp3) is 0.300. The van der Waals surface area contributed by atoms with Gasteiger partial charge in [-0.05, 0) is 24.6 Å². The Kier molecular flexibility index (Phi) is 4.71. The topological polar surface area (TPSA) is 87.3 Å². The monoisotopic (exact) mass is 257 g/mol. The van der Waals surface area contributed by atoms with Crippen LogP contribution < -0.4 is 5.73 Å². The number of hydrogen-bond acceptors (Lipinski definition) is 6. The van der Waals surface area contributed by atoms with Crippen LogP contribution in [-0.2, 0) is 9.47 Å². The lowest BCUT2D eigenvalue weighted by Gasteiger charge is -2.06. The quantitative estimate of drug-likeness (QED) is 0.500. The van der Waals surface area contributed by atoms with Gasteiger partial charge in [-0.25, -0.2) is 14.8 Å². The van der Waals surface area contributed by atoms with Crippen molar-refractivity contribution in [2.24, 2.45) is 0 Å². The highest BCUT2D eigenvalue weighted by molar-refractivity contribution is 6.28.